The lowest BCUT2D eigenvalue weighted by molar-refractivity contribution is -0.138. The van der Waals surface area contributed by atoms with Crippen LogP contribution >= 0.6 is 0 Å². The van der Waals surface area contributed by atoms with Crippen LogP contribution in [0.2, 0.25) is 0 Å². The van der Waals surface area contributed by atoms with Crippen LogP contribution in [0.15, 0.2) is 30.6 Å². The average Bonchev–Trinajstić information content (AvgIpc) is 2.71. The van der Waals surface area contributed by atoms with Gasteiger partial charge < -0.3 is 10.6 Å². The first-order valence-corrected chi connectivity index (χ1v) is 9.27. The lowest BCUT2D eigenvalue weighted by Crippen LogP contribution is -2.44. The normalized spacial score (nSPS) is 16.6. The minimum atomic E-state index is -4.68. The topological polar surface area (TPSA) is 59.2 Å². The summed E-state index contributed by atoms with van der Waals surface area (Å²) in [5, 5.41) is 0. The molecule has 1 aliphatic rings. The van der Waals surface area contributed by atoms with Gasteiger partial charge >= 0.3 is 6.18 Å². The van der Waals surface area contributed by atoms with E-state index in [1.165, 1.54) is 4.90 Å². The van der Waals surface area contributed by atoms with Crippen molar-refractivity contribution in [3.8, 4) is 0 Å². The monoisotopic (exact) mass is 431 g/mol. The molecule has 2 heterocycles. The second-order valence-electron chi connectivity index (χ2n) is 7.27. The smallest absolute Gasteiger partial charge is 0.339 e. The number of carbonyl (C=O) groups excluding carboxylic acids is 1. The Kier molecular flexibility index (Phi) is 6.35. The highest BCUT2D eigenvalue weighted by molar-refractivity contribution is 5.95. The molecule has 0 saturated carbocycles. The quantitative estimate of drug-likeness (QED) is 0.590. The van der Waals surface area contributed by atoms with Crippen LogP contribution in [0, 0.1) is 23.4 Å². The Morgan fingerprint density at radius 3 is 2.40 bits per heavy atom. The van der Waals surface area contributed by atoms with E-state index in [-0.39, 0.29) is 31.0 Å². The summed E-state index contributed by atoms with van der Waals surface area (Å²) in [6, 6.07) is 1.41. The third-order valence-corrected chi connectivity index (χ3v) is 5.33. The molecule has 1 amide bonds. The van der Waals surface area contributed by atoms with Gasteiger partial charge in [0.2, 0.25) is 0 Å². The fraction of sp³-hybridized carbons (Fsp3) is 0.400. The number of nitrogens with two attached hydrogens (primary N) is 1. The summed E-state index contributed by atoms with van der Waals surface area (Å²) in [5.41, 5.74) is 4.49. The minimum Gasteiger partial charge on any atom is -0.339 e. The van der Waals surface area contributed by atoms with Gasteiger partial charge in [-0.15, -0.1) is 0 Å². The summed E-state index contributed by atoms with van der Waals surface area (Å²) in [6.07, 6.45) is -2.05. The van der Waals surface area contributed by atoms with E-state index < -0.39 is 46.7 Å². The molecule has 4 nitrogen and oxygen atoms in total. The van der Waals surface area contributed by atoms with Gasteiger partial charge in [0.05, 0.1) is 11.1 Å². The van der Waals surface area contributed by atoms with Gasteiger partial charge in [-0.3, -0.25) is 9.78 Å². The number of alkyl halides is 3. The zero-order valence-electron chi connectivity index (χ0n) is 15.7. The van der Waals surface area contributed by atoms with Crippen LogP contribution in [0.25, 0.3) is 0 Å². The lowest BCUT2D eigenvalue weighted by atomic mass is 9.86. The fourth-order valence-electron chi connectivity index (χ4n) is 3.65. The van der Waals surface area contributed by atoms with Gasteiger partial charge in [-0.25, -0.2) is 13.2 Å². The SMILES string of the molecule is N[C@H](Cc1cc(F)c(F)cc1F)C1CCN(C(=O)c2cnccc2C(F)(F)F)CC1. The van der Waals surface area contributed by atoms with Crippen molar-refractivity contribution in [1.82, 2.24) is 9.88 Å². The number of piperidine rings is 1. The van der Waals surface area contributed by atoms with Gasteiger partial charge in [0.15, 0.2) is 11.6 Å². The predicted molar refractivity (Wildman–Crippen MR) is 95.9 cm³/mol. The summed E-state index contributed by atoms with van der Waals surface area (Å²) < 4.78 is 79.7. The zero-order chi connectivity index (χ0) is 22.1. The van der Waals surface area contributed by atoms with E-state index in [1.54, 1.807) is 0 Å². The van der Waals surface area contributed by atoms with Gasteiger partial charge in [-0.1, -0.05) is 0 Å². The minimum absolute atomic E-state index is 0.0253. The molecule has 0 unspecified atom stereocenters. The molecule has 0 bridgehead atoms. The number of pyridine rings is 1. The van der Waals surface area contributed by atoms with Gasteiger partial charge in [-0.2, -0.15) is 13.2 Å². The number of carbonyl (C=O) groups is 1. The Bertz CT molecular complexity index is 925. The fourth-order valence-corrected chi connectivity index (χ4v) is 3.65. The van der Waals surface area contributed by atoms with Crippen LogP contribution in [-0.4, -0.2) is 34.9 Å². The molecular formula is C20H19F6N3O. The average molecular weight is 431 g/mol. The van der Waals surface area contributed by atoms with Gasteiger partial charge in [0.1, 0.15) is 5.82 Å². The number of likely N-dealkylation sites (tertiary alicyclic amines) is 1. The second-order valence-corrected chi connectivity index (χ2v) is 7.27. The molecule has 30 heavy (non-hydrogen) atoms. The maximum atomic E-state index is 13.8. The molecule has 0 aliphatic carbocycles. The van der Waals surface area contributed by atoms with Crippen molar-refractivity contribution >= 4 is 5.91 Å². The van der Waals surface area contributed by atoms with Crippen molar-refractivity contribution in [1.29, 1.82) is 0 Å². The molecule has 1 aliphatic heterocycles. The molecule has 162 valence electrons. The first-order chi connectivity index (χ1) is 14.1. The van der Waals surface area contributed by atoms with Crippen LogP contribution in [0.3, 0.4) is 0 Å². The zero-order valence-corrected chi connectivity index (χ0v) is 15.7. The van der Waals surface area contributed by atoms with Gasteiger partial charge in [-0.05, 0) is 42.9 Å². The third-order valence-electron chi connectivity index (χ3n) is 5.33. The Morgan fingerprint density at radius 1 is 1.13 bits per heavy atom. The molecule has 2 aromatic rings. The Labute approximate surface area is 168 Å². The number of benzene rings is 1. The number of rotatable bonds is 4. The van der Waals surface area contributed by atoms with Crippen LogP contribution < -0.4 is 5.73 Å². The van der Waals surface area contributed by atoms with E-state index in [4.69, 9.17) is 5.73 Å². The van der Waals surface area contributed by atoms with Crippen LogP contribution in [-0.2, 0) is 12.6 Å². The molecule has 0 spiro atoms. The maximum absolute atomic E-state index is 13.8. The first kappa shape index (κ1) is 22.1. The molecular weight excluding hydrogens is 412 g/mol. The summed E-state index contributed by atoms with van der Waals surface area (Å²) >= 11 is 0. The maximum Gasteiger partial charge on any atom is 0.417 e. The number of hydrogen-bond acceptors (Lipinski definition) is 3. The van der Waals surface area contributed by atoms with E-state index in [0.717, 1.165) is 24.5 Å². The standard InChI is InChI=1S/C20H19F6N3O/c21-15-9-17(23)16(22)7-12(15)8-18(27)11-2-5-29(6-3-11)19(30)13-10-28-4-1-14(13)20(24,25)26/h1,4,7,9-11,18H,2-3,5-6,8,27H2/t18-/m1/s1. The molecule has 2 N–H and O–H groups in total. The molecule has 1 fully saturated rings. The van der Waals surface area contributed by atoms with Crippen molar-refractivity contribution in [3.63, 3.8) is 0 Å². The number of halogens is 6. The van der Waals surface area contributed by atoms with E-state index >= 15 is 0 Å². The van der Waals surface area contributed by atoms with E-state index in [0.29, 0.717) is 18.9 Å². The summed E-state index contributed by atoms with van der Waals surface area (Å²) in [5.74, 6) is -4.28. The highest BCUT2D eigenvalue weighted by Crippen LogP contribution is 2.33. The van der Waals surface area contributed by atoms with E-state index in [2.05, 4.69) is 4.98 Å². The van der Waals surface area contributed by atoms with Crippen molar-refractivity contribution in [3.05, 3.63) is 64.7 Å². The largest absolute Gasteiger partial charge is 0.417 e. The Balaban J connectivity index is 1.64. The number of amides is 1. The van der Waals surface area contributed by atoms with Gasteiger partial charge in [0.25, 0.3) is 5.91 Å². The molecule has 1 aromatic heterocycles. The van der Waals surface area contributed by atoms with Crippen LogP contribution in [0.5, 0.6) is 0 Å². The molecule has 0 radical (unpaired) electrons. The van der Waals surface area contributed by atoms with Crippen molar-refractivity contribution in [2.45, 2.75) is 31.5 Å². The summed E-state index contributed by atoms with van der Waals surface area (Å²) in [6.45, 7) is 0.341. The van der Waals surface area contributed by atoms with Crippen molar-refractivity contribution in [2.75, 3.05) is 13.1 Å². The number of aromatic nitrogens is 1. The Morgan fingerprint density at radius 2 is 1.77 bits per heavy atom. The molecule has 10 heteroatoms. The van der Waals surface area contributed by atoms with E-state index in [1.807, 2.05) is 0 Å². The molecule has 1 atom stereocenters. The Hall–Kier alpha value is -2.62. The van der Waals surface area contributed by atoms with E-state index in [9.17, 15) is 31.1 Å². The summed E-state index contributed by atoms with van der Waals surface area (Å²) in [4.78, 5) is 17.5. The van der Waals surface area contributed by atoms with Crippen LogP contribution in [0.1, 0.15) is 34.3 Å². The molecule has 1 aromatic carbocycles. The number of nitrogens with zero attached hydrogens (tertiary/aromatic N) is 2. The summed E-state index contributed by atoms with van der Waals surface area (Å²) in [7, 11) is 0. The van der Waals surface area contributed by atoms with Crippen molar-refractivity contribution < 1.29 is 31.1 Å². The first-order valence-electron chi connectivity index (χ1n) is 9.27. The van der Waals surface area contributed by atoms with Crippen LogP contribution in [0.4, 0.5) is 26.3 Å². The van der Waals surface area contributed by atoms with Crippen molar-refractivity contribution in [2.24, 2.45) is 11.7 Å². The lowest BCUT2D eigenvalue weighted by Gasteiger charge is -2.35. The highest BCUT2D eigenvalue weighted by Gasteiger charge is 2.37. The number of hydrogen-bond donors (Lipinski definition) is 1. The van der Waals surface area contributed by atoms with Gasteiger partial charge in [0, 0.05) is 37.6 Å². The molecule has 1 saturated heterocycles. The highest BCUT2D eigenvalue weighted by atomic mass is 19.4. The molecule has 3 rings (SSSR count). The third kappa shape index (κ3) is 4.75. The second kappa shape index (κ2) is 8.63. The predicted octanol–water partition coefficient (Wildman–Crippen LogP) is 3.94.